The molecule has 1 unspecified atom stereocenters. The van der Waals surface area contributed by atoms with Crippen LogP contribution in [0, 0.1) is 23.5 Å². The van der Waals surface area contributed by atoms with E-state index in [0.29, 0.717) is 29.4 Å². The number of sulfonamides is 1. The molecule has 0 amide bonds. The van der Waals surface area contributed by atoms with E-state index in [2.05, 4.69) is 15.3 Å². The summed E-state index contributed by atoms with van der Waals surface area (Å²) >= 11 is 7.51. The molecule has 10 nitrogen and oxygen atoms in total. The summed E-state index contributed by atoms with van der Waals surface area (Å²) in [4.78, 5) is 33.5. The molecule has 2 aromatic rings. The lowest BCUT2D eigenvalue weighted by molar-refractivity contribution is -0.144. The molecular weight excluding hydrogens is 602 g/mol. The Kier molecular flexibility index (Phi) is 8.46. The number of halogens is 3. The molecule has 1 atom stereocenters. The first-order valence-corrected chi connectivity index (χ1v) is 15.8. The summed E-state index contributed by atoms with van der Waals surface area (Å²) < 4.78 is 61.5. The van der Waals surface area contributed by atoms with Gasteiger partial charge in [0.25, 0.3) is 0 Å². The van der Waals surface area contributed by atoms with Crippen LogP contribution in [0.3, 0.4) is 0 Å². The van der Waals surface area contributed by atoms with Crippen LogP contribution in [0.5, 0.6) is 0 Å². The van der Waals surface area contributed by atoms with E-state index in [4.69, 9.17) is 21.4 Å². The largest absolute Gasteiger partial charge is 0.481 e. The van der Waals surface area contributed by atoms with Crippen LogP contribution in [0.25, 0.3) is 0 Å². The van der Waals surface area contributed by atoms with Crippen LogP contribution in [-0.4, -0.2) is 65.5 Å². The zero-order valence-corrected chi connectivity index (χ0v) is 24.2. The van der Waals surface area contributed by atoms with E-state index in [0.717, 1.165) is 6.07 Å². The first-order valence-electron chi connectivity index (χ1n) is 13.0. The number of thiazole rings is 1. The van der Waals surface area contributed by atoms with E-state index in [1.807, 2.05) is 0 Å². The molecule has 3 aliphatic rings. The summed E-state index contributed by atoms with van der Waals surface area (Å²) in [7, 11) is -3.68. The quantitative estimate of drug-likeness (QED) is 0.332. The fourth-order valence-electron chi connectivity index (χ4n) is 5.37. The fourth-order valence-corrected chi connectivity index (χ4v) is 8.30. The number of carboxylic acid groups (broad SMARTS) is 1. The number of rotatable bonds is 8. The Morgan fingerprint density at radius 2 is 1.95 bits per heavy atom. The van der Waals surface area contributed by atoms with Crippen LogP contribution < -0.4 is 5.32 Å². The van der Waals surface area contributed by atoms with Gasteiger partial charge >= 0.3 is 11.9 Å². The summed E-state index contributed by atoms with van der Waals surface area (Å²) in [5.74, 6) is -4.81. The number of esters is 1. The van der Waals surface area contributed by atoms with Gasteiger partial charge in [0.1, 0.15) is 6.04 Å². The van der Waals surface area contributed by atoms with Crippen molar-refractivity contribution >= 4 is 50.7 Å². The predicted octanol–water partition coefficient (Wildman–Crippen LogP) is 3.89. The van der Waals surface area contributed by atoms with Gasteiger partial charge < -0.3 is 15.2 Å². The van der Waals surface area contributed by atoms with E-state index in [1.54, 1.807) is 18.5 Å². The molecule has 2 fully saturated rings. The lowest BCUT2D eigenvalue weighted by Gasteiger charge is -2.40. The van der Waals surface area contributed by atoms with E-state index < -0.39 is 55.8 Å². The number of ether oxygens (including phenoxy) is 1. The van der Waals surface area contributed by atoms with Gasteiger partial charge in [0.15, 0.2) is 22.5 Å². The van der Waals surface area contributed by atoms with Crippen LogP contribution in [0.2, 0.25) is 5.02 Å². The van der Waals surface area contributed by atoms with Gasteiger partial charge in [0.2, 0.25) is 10.0 Å². The number of nitrogens with zero attached hydrogens (tertiary/aromatic N) is 3. The number of aromatic nitrogens is 1. The first-order chi connectivity index (χ1) is 19.5. The third-order valence-electron chi connectivity index (χ3n) is 7.65. The number of hydrogen-bond donors (Lipinski definition) is 2. The maximum absolute atomic E-state index is 14.6. The van der Waals surface area contributed by atoms with Crippen LogP contribution in [0.4, 0.5) is 8.78 Å². The van der Waals surface area contributed by atoms with Gasteiger partial charge in [-0.15, -0.1) is 11.3 Å². The van der Waals surface area contributed by atoms with Crippen molar-refractivity contribution in [2.24, 2.45) is 16.8 Å². The van der Waals surface area contributed by atoms with Crippen LogP contribution in [-0.2, 0) is 24.3 Å². The highest BCUT2D eigenvalue weighted by Gasteiger charge is 2.46. The molecular formula is C26H27ClF2N4O6S2. The number of allylic oxidation sites excluding steroid dienone is 1. The second kappa shape index (κ2) is 11.7. The van der Waals surface area contributed by atoms with Gasteiger partial charge in [0.05, 0.1) is 28.4 Å². The molecule has 1 aliphatic carbocycles. The number of amidine groups is 1. The molecule has 1 aromatic heterocycles. The molecule has 41 heavy (non-hydrogen) atoms. The Labute approximate surface area is 244 Å². The Morgan fingerprint density at radius 1 is 1.24 bits per heavy atom. The topological polar surface area (TPSA) is 138 Å². The van der Waals surface area contributed by atoms with E-state index in [9.17, 15) is 26.8 Å². The standard InChI is InChI=1S/C26H27ClF2N4O6S2/c1-2-39-26(36)18-21(13-5-8-33(9-6-13)41(37,38)15-11-14(12-15)25(34)35)31-23(24-30-7-10-40-24)32-22(18)16-3-4-17(28)20(29)19(16)27/h3-4,7,10,13-15,22H,2,5-6,8-9,11-12H2,1H3,(H,31,32)(H,34,35)/t14-,15+,22?. The average Bonchev–Trinajstić information content (AvgIpc) is 3.45. The Morgan fingerprint density at radius 3 is 2.56 bits per heavy atom. The summed E-state index contributed by atoms with van der Waals surface area (Å²) in [6, 6.07) is 1.05. The number of benzene rings is 1. The molecule has 1 saturated carbocycles. The number of piperidine rings is 1. The van der Waals surface area contributed by atoms with Crippen LogP contribution in [0.15, 0.2) is 40.0 Å². The minimum Gasteiger partial charge on any atom is -0.481 e. The highest BCUT2D eigenvalue weighted by Crippen LogP contribution is 2.42. The molecule has 2 aliphatic heterocycles. The number of aliphatic carboxylic acids is 1. The highest BCUT2D eigenvalue weighted by atomic mass is 35.5. The summed E-state index contributed by atoms with van der Waals surface area (Å²) in [5, 5.41) is 13.3. The van der Waals surface area contributed by atoms with Gasteiger partial charge in [0, 0.05) is 41.8 Å². The number of aliphatic imine (C=N–C) groups is 1. The van der Waals surface area contributed by atoms with Crippen LogP contribution >= 0.6 is 22.9 Å². The average molecular weight is 629 g/mol. The predicted molar refractivity (Wildman–Crippen MR) is 147 cm³/mol. The van der Waals surface area contributed by atoms with Gasteiger partial charge in [-0.05, 0) is 38.7 Å². The first kappa shape index (κ1) is 29.5. The maximum Gasteiger partial charge on any atom is 0.338 e. The molecule has 3 heterocycles. The zero-order valence-electron chi connectivity index (χ0n) is 21.8. The summed E-state index contributed by atoms with van der Waals surface area (Å²) in [5.41, 5.74) is 0.574. The number of carboxylic acids is 1. The van der Waals surface area contributed by atoms with Crippen molar-refractivity contribution in [3.63, 3.8) is 0 Å². The summed E-state index contributed by atoms with van der Waals surface area (Å²) in [6.07, 6.45) is 2.42. The smallest absolute Gasteiger partial charge is 0.338 e. The summed E-state index contributed by atoms with van der Waals surface area (Å²) in [6.45, 7) is 1.99. The van der Waals surface area contributed by atoms with Gasteiger partial charge in [-0.2, -0.15) is 0 Å². The van der Waals surface area contributed by atoms with Crippen molar-refractivity contribution < 1.29 is 36.6 Å². The van der Waals surface area contributed by atoms with Gasteiger partial charge in [-0.3, -0.25) is 9.79 Å². The number of hydrogen-bond acceptors (Lipinski definition) is 9. The van der Waals surface area contributed by atoms with Gasteiger partial charge in [-0.25, -0.2) is 31.3 Å². The molecule has 0 bridgehead atoms. The second-order valence-corrected chi connectivity index (χ2v) is 13.5. The van der Waals surface area contributed by atoms with E-state index in [-0.39, 0.29) is 49.6 Å². The van der Waals surface area contributed by atoms with Crippen molar-refractivity contribution in [2.75, 3.05) is 19.7 Å². The Bertz CT molecular complexity index is 1520. The fraction of sp³-hybridized carbons (Fsp3) is 0.462. The Balaban J connectivity index is 1.49. The maximum atomic E-state index is 14.6. The normalized spacial score (nSPS) is 23.9. The molecule has 1 aromatic carbocycles. The monoisotopic (exact) mass is 628 g/mol. The third-order valence-corrected chi connectivity index (χ3v) is 11.1. The number of carbonyl (C=O) groups excluding carboxylic acids is 1. The molecule has 220 valence electrons. The Hall–Kier alpha value is -2.94. The van der Waals surface area contributed by atoms with Crippen molar-refractivity contribution in [1.29, 1.82) is 0 Å². The lowest BCUT2D eigenvalue weighted by Crippen LogP contribution is -2.50. The van der Waals surface area contributed by atoms with Crippen molar-refractivity contribution in [3.05, 3.63) is 62.2 Å². The molecule has 15 heteroatoms. The van der Waals surface area contributed by atoms with Crippen LogP contribution in [0.1, 0.15) is 49.2 Å². The second-order valence-electron chi connectivity index (χ2n) is 10.0. The minimum atomic E-state index is -3.68. The van der Waals surface area contributed by atoms with Gasteiger partial charge in [-0.1, -0.05) is 17.7 Å². The van der Waals surface area contributed by atoms with E-state index in [1.165, 1.54) is 21.7 Å². The highest BCUT2D eigenvalue weighted by molar-refractivity contribution is 7.89. The molecule has 2 N–H and O–H groups in total. The SMILES string of the molecule is CCOC(=O)C1=C(C2CCN(S(=O)(=O)[C@H]3C[C@@H](C(=O)O)C3)CC2)NC(c2nccs2)=NC1c1ccc(F)c(F)c1Cl. The van der Waals surface area contributed by atoms with E-state index >= 15 is 0 Å². The van der Waals surface area contributed by atoms with Crippen molar-refractivity contribution in [1.82, 2.24) is 14.6 Å². The molecule has 0 spiro atoms. The van der Waals surface area contributed by atoms with Crippen molar-refractivity contribution in [3.8, 4) is 0 Å². The lowest BCUT2D eigenvalue weighted by atomic mass is 9.85. The molecule has 1 saturated heterocycles. The third kappa shape index (κ3) is 5.62. The minimum absolute atomic E-state index is 0.0479. The zero-order chi connectivity index (χ0) is 29.5. The van der Waals surface area contributed by atoms with Crippen molar-refractivity contribution in [2.45, 2.75) is 43.9 Å². The number of carbonyl (C=O) groups is 2. The molecule has 0 radical (unpaired) electrons. The number of nitrogens with one attached hydrogen (secondary N) is 1. The molecule has 5 rings (SSSR count).